The van der Waals surface area contributed by atoms with Crippen LogP contribution in [0.25, 0.3) is 0 Å². The molecule has 4 heteroatoms. The van der Waals surface area contributed by atoms with E-state index in [1.165, 1.54) is 103 Å². The number of carbonyl (C=O) groups excluding carboxylic acids is 2. The molecule has 0 saturated carbocycles. The van der Waals surface area contributed by atoms with Crippen LogP contribution in [0.1, 0.15) is 127 Å². The Morgan fingerprint density at radius 2 is 1.23 bits per heavy atom. The monoisotopic (exact) mass is 431 g/mol. The zero-order valence-corrected chi connectivity index (χ0v) is 20.1. The molecule has 0 aliphatic rings. The molecule has 2 amide bonds. The third-order valence-corrected chi connectivity index (χ3v) is 5.65. The molecule has 4 nitrogen and oxygen atoms in total. The van der Waals surface area contributed by atoms with Gasteiger partial charge in [-0.1, -0.05) is 109 Å². The maximum Gasteiger partial charge on any atom is 0.257 e. The van der Waals surface area contributed by atoms with Crippen LogP contribution in [0.2, 0.25) is 0 Å². The molecule has 0 radical (unpaired) electrons. The van der Waals surface area contributed by atoms with Crippen molar-refractivity contribution in [1.82, 2.24) is 5.32 Å². The summed E-state index contributed by atoms with van der Waals surface area (Å²) in [6.45, 7) is 4.27. The average molecular weight is 432 g/mol. The minimum atomic E-state index is -0.389. The molecule has 31 heavy (non-hydrogen) atoms. The smallest absolute Gasteiger partial charge is 0.257 e. The molecular formula is C27H45NO3. The van der Waals surface area contributed by atoms with Gasteiger partial charge in [-0.2, -0.15) is 0 Å². The summed E-state index contributed by atoms with van der Waals surface area (Å²) >= 11 is 0. The van der Waals surface area contributed by atoms with Gasteiger partial charge in [-0.15, -0.1) is 0 Å². The zero-order chi connectivity index (χ0) is 22.6. The van der Waals surface area contributed by atoms with Crippen molar-refractivity contribution in [1.29, 1.82) is 0 Å². The second-order valence-electron chi connectivity index (χ2n) is 8.69. The molecule has 0 aliphatic heterocycles. The Hall–Kier alpha value is -1.84. The van der Waals surface area contributed by atoms with Crippen LogP contribution in [0.15, 0.2) is 24.3 Å². The number of benzene rings is 1. The Labute approximate surface area is 190 Å². The lowest BCUT2D eigenvalue weighted by Gasteiger charge is -2.08. The molecule has 0 saturated heterocycles. The van der Waals surface area contributed by atoms with Crippen LogP contribution >= 0.6 is 0 Å². The Bertz CT molecular complexity index is 600. The van der Waals surface area contributed by atoms with Gasteiger partial charge in [0, 0.05) is 12.5 Å². The topological polar surface area (TPSA) is 55.4 Å². The van der Waals surface area contributed by atoms with Crippen LogP contribution in [0.4, 0.5) is 0 Å². The van der Waals surface area contributed by atoms with E-state index in [1.54, 1.807) is 18.2 Å². The second kappa shape index (κ2) is 18.9. The van der Waals surface area contributed by atoms with Crippen molar-refractivity contribution in [2.45, 2.75) is 117 Å². The maximum atomic E-state index is 11.9. The van der Waals surface area contributed by atoms with Crippen molar-refractivity contribution < 1.29 is 14.3 Å². The van der Waals surface area contributed by atoms with Gasteiger partial charge in [-0.05, 0) is 24.6 Å². The van der Waals surface area contributed by atoms with Crippen molar-refractivity contribution in [3.8, 4) is 5.75 Å². The highest BCUT2D eigenvalue weighted by Crippen LogP contribution is 2.16. The number of unbranched alkanes of at least 4 members (excludes halogenated alkanes) is 15. The van der Waals surface area contributed by atoms with Gasteiger partial charge in [0.05, 0.1) is 6.61 Å². The maximum absolute atomic E-state index is 11.9. The minimum absolute atomic E-state index is 0.357. The highest BCUT2D eigenvalue weighted by Gasteiger charge is 2.08. The summed E-state index contributed by atoms with van der Waals surface area (Å²) in [5.41, 5.74) is 0.444. The molecule has 1 N–H and O–H groups in total. The third kappa shape index (κ3) is 15.6. The number of imide groups is 1. The summed E-state index contributed by atoms with van der Waals surface area (Å²) in [6, 6.07) is 6.99. The highest BCUT2D eigenvalue weighted by molar-refractivity contribution is 6.04. The summed E-state index contributed by atoms with van der Waals surface area (Å²) in [7, 11) is 0. The second-order valence-corrected chi connectivity index (χ2v) is 8.69. The fourth-order valence-corrected chi connectivity index (χ4v) is 3.80. The van der Waals surface area contributed by atoms with E-state index in [-0.39, 0.29) is 11.8 Å². The number of amides is 2. The molecule has 1 aromatic carbocycles. The first kappa shape index (κ1) is 27.2. The number of hydrogen-bond acceptors (Lipinski definition) is 3. The van der Waals surface area contributed by atoms with Crippen LogP contribution in [0.3, 0.4) is 0 Å². The predicted molar refractivity (Wildman–Crippen MR) is 130 cm³/mol. The Morgan fingerprint density at radius 1 is 0.742 bits per heavy atom. The standard InChI is InChI=1S/C27H45NO3/c1-3-4-5-6-7-8-9-10-11-12-13-14-15-16-17-18-22-31-26-21-19-20-25(23-26)27(30)28-24(2)29/h19-21,23H,3-18,22H2,1-2H3,(H,28,29,30). The Kier molecular flexibility index (Phi) is 16.6. The first-order valence-corrected chi connectivity index (χ1v) is 12.7. The van der Waals surface area contributed by atoms with Crippen LogP contribution in [0.5, 0.6) is 5.75 Å². The summed E-state index contributed by atoms with van der Waals surface area (Å²) in [5, 5.41) is 2.28. The quantitative estimate of drug-likeness (QED) is 0.229. The number of ether oxygens (including phenoxy) is 1. The largest absolute Gasteiger partial charge is 0.494 e. The molecule has 176 valence electrons. The van der Waals surface area contributed by atoms with E-state index in [1.807, 2.05) is 6.07 Å². The van der Waals surface area contributed by atoms with Crippen LogP contribution < -0.4 is 10.1 Å². The van der Waals surface area contributed by atoms with Crippen molar-refractivity contribution in [2.24, 2.45) is 0 Å². The van der Waals surface area contributed by atoms with Crippen molar-refractivity contribution in [3.63, 3.8) is 0 Å². The summed E-state index contributed by atoms with van der Waals surface area (Å²) in [4.78, 5) is 22.8. The van der Waals surface area contributed by atoms with Gasteiger partial charge in [-0.3, -0.25) is 14.9 Å². The van der Waals surface area contributed by atoms with Crippen LogP contribution in [-0.4, -0.2) is 18.4 Å². The molecule has 0 fully saturated rings. The number of nitrogens with one attached hydrogen (secondary N) is 1. The molecule has 0 spiro atoms. The third-order valence-electron chi connectivity index (χ3n) is 5.65. The molecule has 1 rings (SSSR count). The number of hydrogen-bond donors (Lipinski definition) is 1. The summed E-state index contributed by atoms with van der Waals surface area (Å²) in [5.74, 6) is -0.0676. The molecule has 0 heterocycles. The molecule has 0 atom stereocenters. The first-order valence-electron chi connectivity index (χ1n) is 12.7. The molecule has 0 unspecified atom stereocenters. The zero-order valence-electron chi connectivity index (χ0n) is 20.1. The molecule has 1 aromatic rings. The van der Waals surface area contributed by atoms with E-state index in [0.717, 1.165) is 6.42 Å². The Morgan fingerprint density at radius 3 is 1.71 bits per heavy atom. The molecule has 0 aromatic heterocycles. The fourth-order valence-electron chi connectivity index (χ4n) is 3.80. The van der Waals surface area contributed by atoms with E-state index >= 15 is 0 Å². The van der Waals surface area contributed by atoms with E-state index in [9.17, 15) is 9.59 Å². The SMILES string of the molecule is CCCCCCCCCCCCCCCCCCOc1cccc(C(=O)NC(C)=O)c1. The van der Waals surface area contributed by atoms with Crippen molar-refractivity contribution in [3.05, 3.63) is 29.8 Å². The van der Waals surface area contributed by atoms with Crippen LogP contribution in [-0.2, 0) is 4.79 Å². The lowest BCUT2D eigenvalue weighted by Crippen LogP contribution is -2.27. The minimum Gasteiger partial charge on any atom is -0.494 e. The van der Waals surface area contributed by atoms with Gasteiger partial charge >= 0.3 is 0 Å². The van der Waals surface area contributed by atoms with Gasteiger partial charge in [0.15, 0.2) is 0 Å². The van der Waals surface area contributed by atoms with E-state index in [2.05, 4.69) is 12.2 Å². The van der Waals surface area contributed by atoms with Crippen LogP contribution in [0, 0.1) is 0 Å². The van der Waals surface area contributed by atoms with Gasteiger partial charge in [0.1, 0.15) is 5.75 Å². The highest BCUT2D eigenvalue weighted by atomic mass is 16.5. The normalized spacial score (nSPS) is 10.8. The number of carbonyl (C=O) groups is 2. The van der Waals surface area contributed by atoms with Gasteiger partial charge in [0.2, 0.25) is 5.91 Å². The summed E-state index contributed by atoms with van der Waals surface area (Å²) < 4.78 is 5.76. The average Bonchev–Trinajstić information content (AvgIpc) is 2.75. The van der Waals surface area contributed by atoms with E-state index in [0.29, 0.717) is 17.9 Å². The van der Waals surface area contributed by atoms with Gasteiger partial charge in [0.25, 0.3) is 5.91 Å². The fraction of sp³-hybridized carbons (Fsp3) is 0.704. The van der Waals surface area contributed by atoms with E-state index < -0.39 is 0 Å². The van der Waals surface area contributed by atoms with Gasteiger partial charge in [-0.25, -0.2) is 0 Å². The first-order chi connectivity index (χ1) is 15.1. The summed E-state index contributed by atoms with van der Waals surface area (Å²) in [6.07, 6.45) is 21.7. The lowest BCUT2D eigenvalue weighted by atomic mass is 10.0. The van der Waals surface area contributed by atoms with Gasteiger partial charge < -0.3 is 4.74 Å². The number of rotatable bonds is 19. The van der Waals surface area contributed by atoms with Crippen molar-refractivity contribution in [2.75, 3.05) is 6.61 Å². The lowest BCUT2D eigenvalue weighted by molar-refractivity contribution is -0.118. The van der Waals surface area contributed by atoms with E-state index in [4.69, 9.17) is 4.74 Å². The molecule has 0 aliphatic carbocycles. The Balaban J connectivity index is 1.91. The molecule has 0 bridgehead atoms. The molecular weight excluding hydrogens is 386 g/mol. The predicted octanol–water partition coefficient (Wildman–Crippen LogP) is 7.60. The van der Waals surface area contributed by atoms with Crippen molar-refractivity contribution >= 4 is 11.8 Å².